The van der Waals surface area contributed by atoms with Crippen LogP contribution in [-0.4, -0.2) is 5.78 Å². The van der Waals surface area contributed by atoms with Crippen molar-refractivity contribution in [1.29, 1.82) is 0 Å². The van der Waals surface area contributed by atoms with E-state index in [0.717, 1.165) is 31.6 Å². The van der Waals surface area contributed by atoms with E-state index in [2.05, 4.69) is 31.2 Å². The second-order valence-corrected chi connectivity index (χ2v) is 6.32. The van der Waals surface area contributed by atoms with Gasteiger partial charge < -0.3 is 0 Å². The normalized spacial score (nSPS) is 30.1. The highest BCUT2D eigenvalue weighted by molar-refractivity contribution is 5.89. The Balaban J connectivity index is 1.69. The Morgan fingerprint density at radius 3 is 2.58 bits per heavy atom. The van der Waals surface area contributed by atoms with Gasteiger partial charge in [-0.1, -0.05) is 37.6 Å². The minimum absolute atomic E-state index is 0.208. The van der Waals surface area contributed by atoms with Crippen LogP contribution in [0.25, 0.3) is 0 Å². The van der Waals surface area contributed by atoms with E-state index in [1.165, 1.54) is 30.4 Å². The van der Waals surface area contributed by atoms with Gasteiger partial charge in [-0.25, -0.2) is 0 Å². The first kappa shape index (κ1) is 12.9. The number of aryl methyl sites for hydroxylation is 1. The molecule has 1 nitrogen and oxygen atoms in total. The van der Waals surface area contributed by atoms with Crippen LogP contribution in [0.1, 0.15) is 62.5 Å². The third-order valence-corrected chi connectivity index (χ3v) is 5.30. The Morgan fingerprint density at radius 2 is 1.84 bits per heavy atom. The average molecular weight is 256 g/mol. The molecule has 0 N–H and O–H groups in total. The van der Waals surface area contributed by atoms with Gasteiger partial charge in [0.25, 0.3) is 0 Å². The molecule has 0 aromatic heterocycles. The molecule has 0 amide bonds. The fourth-order valence-electron chi connectivity index (χ4n) is 3.99. The van der Waals surface area contributed by atoms with Crippen LogP contribution >= 0.6 is 0 Å². The summed E-state index contributed by atoms with van der Waals surface area (Å²) >= 11 is 0. The third kappa shape index (κ3) is 2.48. The number of rotatable bonds is 3. The molecule has 0 aliphatic heterocycles. The Labute approximate surface area is 116 Å². The molecule has 3 rings (SSSR count). The standard InChI is InChI=1S/C18H24O/c1-2-13-7-9-15(10-8-13)18(19)17-12-11-14-5-3-4-6-16(14)17/h3-6,13,15,17H,2,7-12H2,1H3. The molecule has 0 bridgehead atoms. The van der Waals surface area contributed by atoms with Gasteiger partial charge in [0.2, 0.25) is 0 Å². The first-order valence-corrected chi connectivity index (χ1v) is 7.91. The summed E-state index contributed by atoms with van der Waals surface area (Å²) in [7, 11) is 0. The summed E-state index contributed by atoms with van der Waals surface area (Å²) in [4.78, 5) is 12.8. The molecule has 0 heterocycles. The monoisotopic (exact) mass is 256 g/mol. The molecule has 2 aliphatic carbocycles. The quantitative estimate of drug-likeness (QED) is 0.778. The summed E-state index contributed by atoms with van der Waals surface area (Å²) in [5.41, 5.74) is 2.73. The van der Waals surface area contributed by atoms with Crippen LogP contribution in [0.2, 0.25) is 0 Å². The van der Waals surface area contributed by atoms with Crippen LogP contribution in [0, 0.1) is 11.8 Å². The van der Waals surface area contributed by atoms with E-state index in [1.54, 1.807) is 0 Å². The van der Waals surface area contributed by atoms with Crippen LogP contribution in [0.5, 0.6) is 0 Å². The summed E-state index contributed by atoms with van der Waals surface area (Å²) in [5, 5.41) is 0. The van der Waals surface area contributed by atoms with Crippen LogP contribution < -0.4 is 0 Å². The number of fused-ring (bicyclic) bond motifs is 1. The summed E-state index contributed by atoms with van der Waals surface area (Å²) in [6.07, 6.45) is 8.23. The number of carbonyl (C=O) groups is 1. The molecule has 1 unspecified atom stereocenters. The highest BCUT2D eigenvalue weighted by Gasteiger charge is 2.34. The van der Waals surface area contributed by atoms with Crippen molar-refractivity contribution in [2.75, 3.05) is 0 Å². The second kappa shape index (κ2) is 5.48. The average Bonchev–Trinajstić information content (AvgIpc) is 2.90. The SMILES string of the molecule is CCC1CCC(C(=O)C2CCc3ccccc32)CC1. The number of hydrogen-bond acceptors (Lipinski definition) is 1. The number of benzene rings is 1. The molecule has 1 saturated carbocycles. The lowest BCUT2D eigenvalue weighted by molar-refractivity contribution is -0.125. The fourth-order valence-corrected chi connectivity index (χ4v) is 3.99. The minimum atomic E-state index is 0.208. The summed E-state index contributed by atoms with van der Waals surface area (Å²) in [6, 6.07) is 8.54. The molecule has 19 heavy (non-hydrogen) atoms. The molecular weight excluding hydrogens is 232 g/mol. The number of carbonyl (C=O) groups excluding carboxylic acids is 1. The first-order valence-electron chi connectivity index (χ1n) is 7.91. The van der Waals surface area contributed by atoms with E-state index in [9.17, 15) is 4.79 Å². The lowest BCUT2D eigenvalue weighted by atomic mass is 9.75. The Hall–Kier alpha value is -1.11. The van der Waals surface area contributed by atoms with Crippen molar-refractivity contribution in [1.82, 2.24) is 0 Å². The Bertz CT molecular complexity index is 455. The number of hydrogen-bond donors (Lipinski definition) is 0. The van der Waals surface area contributed by atoms with E-state index in [-0.39, 0.29) is 5.92 Å². The molecule has 1 aromatic rings. The molecule has 2 aliphatic rings. The molecular formula is C18H24O. The van der Waals surface area contributed by atoms with E-state index in [4.69, 9.17) is 0 Å². The van der Waals surface area contributed by atoms with Crippen LogP contribution in [0.4, 0.5) is 0 Å². The van der Waals surface area contributed by atoms with E-state index >= 15 is 0 Å². The van der Waals surface area contributed by atoms with Crippen molar-refractivity contribution in [3.63, 3.8) is 0 Å². The first-order chi connectivity index (χ1) is 9.29. The maximum Gasteiger partial charge on any atom is 0.143 e. The van der Waals surface area contributed by atoms with Crippen molar-refractivity contribution < 1.29 is 4.79 Å². The lowest BCUT2D eigenvalue weighted by Crippen LogP contribution is -2.25. The maximum absolute atomic E-state index is 12.8. The summed E-state index contributed by atoms with van der Waals surface area (Å²) in [5.74, 6) is 1.97. The van der Waals surface area contributed by atoms with Crippen LogP contribution in [0.3, 0.4) is 0 Å². The van der Waals surface area contributed by atoms with Gasteiger partial charge in [-0.3, -0.25) is 4.79 Å². The van der Waals surface area contributed by atoms with Gasteiger partial charge in [-0.15, -0.1) is 0 Å². The molecule has 1 atom stereocenters. The van der Waals surface area contributed by atoms with E-state index < -0.39 is 0 Å². The second-order valence-electron chi connectivity index (χ2n) is 6.32. The third-order valence-electron chi connectivity index (χ3n) is 5.30. The van der Waals surface area contributed by atoms with Gasteiger partial charge in [0.05, 0.1) is 0 Å². The van der Waals surface area contributed by atoms with Crippen molar-refractivity contribution in [3.8, 4) is 0 Å². The highest BCUT2D eigenvalue weighted by Crippen LogP contribution is 2.39. The van der Waals surface area contributed by atoms with Crippen molar-refractivity contribution in [3.05, 3.63) is 35.4 Å². The maximum atomic E-state index is 12.8. The van der Waals surface area contributed by atoms with Gasteiger partial charge in [0, 0.05) is 11.8 Å². The zero-order chi connectivity index (χ0) is 13.2. The summed E-state index contributed by atoms with van der Waals surface area (Å²) in [6.45, 7) is 2.28. The van der Waals surface area contributed by atoms with Crippen LogP contribution in [0.15, 0.2) is 24.3 Å². The Morgan fingerprint density at radius 1 is 1.11 bits per heavy atom. The van der Waals surface area contributed by atoms with Crippen molar-refractivity contribution in [2.24, 2.45) is 11.8 Å². The summed E-state index contributed by atoms with van der Waals surface area (Å²) < 4.78 is 0. The van der Waals surface area contributed by atoms with Gasteiger partial charge in [-0.2, -0.15) is 0 Å². The molecule has 0 radical (unpaired) electrons. The van der Waals surface area contributed by atoms with Gasteiger partial charge in [0.15, 0.2) is 0 Å². The van der Waals surface area contributed by atoms with E-state index in [0.29, 0.717) is 11.7 Å². The number of Topliss-reactive ketones (excluding diaryl/α,β-unsaturated/α-hetero) is 1. The van der Waals surface area contributed by atoms with Gasteiger partial charge >= 0.3 is 0 Å². The molecule has 1 fully saturated rings. The molecule has 1 heteroatoms. The largest absolute Gasteiger partial charge is 0.299 e. The predicted molar refractivity (Wildman–Crippen MR) is 78.3 cm³/mol. The Kier molecular flexibility index (Phi) is 3.72. The zero-order valence-electron chi connectivity index (χ0n) is 11.9. The van der Waals surface area contributed by atoms with Gasteiger partial charge in [-0.05, 0) is 55.6 Å². The van der Waals surface area contributed by atoms with Crippen molar-refractivity contribution >= 4 is 5.78 Å². The topological polar surface area (TPSA) is 17.1 Å². The number of ketones is 1. The molecule has 0 spiro atoms. The van der Waals surface area contributed by atoms with E-state index in [1.807, 2.05) is 0 Å². The molecule has 0 saturated heterocycles. The van der Waals surface area contributed by atoms with Crippen molar-refractivity contribution in [2.45, 2.75) is 57.8 Å². The minimum Gasteiger partial charge on any atom is -0.299 e. The zero-order valence-corrected chi connectivity index (χ0v) is 11.9. The predicted octanol–water partition coefficient (Wildman–Crippen LogP) is 4.50. The fraction of sp³-hybridized carbons (Fsp3) is 0.611. The molecule has 102 valence electrons. The lowest BCUT2D eigenvalue weighted by Gasteiger charge is -2.28. The van der Waals surface area contributed by atoms with Crippen LogP contribution in [-0.2, 0) is 11.2 Å². The van der Waals surface area contributed by atoms with Gasteiger partial charge in [0.1, 0.15) is 5.78 Å². The smallest absolute Gasteiger partial charge is 0.143 e. The molecule has 1 aromatic carbocycles. The highest BCUT2D eigenvalue weighted by atomic mass is 16.1.